The molecule has 0 saturated carbocycles. The average Bonchev–Trinajstić information content (AvgIpc) is 2.74. The van der Waals surface area contributed by atoms with Gasteiger partial charge >= 0.3 is 0 Å². The smallest absolute Gasteiger partial charge is 0.261 e. The van der Waals surface area contributed by atoms with E-state index in [4.69, 9.17) is 0 Å². The SMILES string of the molecule is O=C(CCn1cnc2ccc(Br)cc2c1=O)N1CCN(c2ccc(F)cc2)CC1. The lowest BCUT2D eigenvalue weighted by Crippen LogP contribution is -2.49. The highest BCUT2D eigenvalue weighted by Gasteiger charge is 2.21. The fourth-order valence-corrected chi connectivity index (χ4v) is 3.89. The summed E-state index contributed by atoms with van der Waals surface area (Å²) in [5, 5.41) is 0.530. The molecule has 1 aromatic heterocycles. The second kappa shape index (κ2) is 8.32. The first-order valence-electron chi connectivity index (χ1n) is 9.44. The molecule has 1 amide bonds. The van der Waals surface area contributed by atoms with Crippen molar-refractivity contribution in [3.8, 4) is 0 Å². The van der Waals surface area contributed by atoms with Crippen LogP contribution in [0.25, 0.3) is 10.9 Å². The van der Waals surface area contributed by atoms with Crippen LogP contribution in [0.4, 0.5) is 10.1 Å². The van der Waals surface area contributed by atoms with Gasteiger partial charge in [0.15, 0.2) is 0 Å². The van der Waals surface area contributed by atoms with Crippen molar-refractivity contribution in [3.63, 3.8) is 0 Å². The molecule has 0 unspecified atom stereocenters. The van der Waals surface area contributed by atoms with Crippen LogP contribution in [-0.2, 0) is 11.3 Å². The van der Waals surface area contributed by atoms with Gasteiger partial charge in [-0.15, -0.1) is 0 Å². The third kappa shape index (κ3) is 4.32. The van der Waals surface area contributed by atoms with Gasteiger partial charge in [0.05, 0.1) is 17.2 Å². The maximum atomic E-state index is 13.1. The summed E-state index contributed by atoms with van der Waals surface area (Å²) in [6, 6.07) is 11.8. The number of anilines is 1. The zero-order valence-electron chi connectivity index (χ0n) is 15.7. The molecule has 1 aliphatic rings. The van der Waals surface area contributed by atoms with Crippen LogP contribution >= 0.6 is 15.9 Å². The monoisotopic (exact) mass is 458 g/mol. The highest BCUT2D eigenvalue weighted by atomic mass is 79.9. The first-order valence-corrected chi connectivity index (χ1v) is 10.2. The zero-order chi connectivity index (χ0) is 20.4. The molecule has 150 valence electrons. The summed E-state index contributed by atoms with van der Waals surface area (Å²) >= 11 is 3.37. The number of hydrogen-bond acceptors (Lipinski definition) is 4. The minimum atomic E-state index is -0.256. The minimum absolute atomic E-state index is 0.0185. The fourth-order valence-electron chi connectivity index (χ4n) is 3.53. The molecule has 1 saturated heterocycles. The van der Waals surface area contributed by atoms with Gasteiger partial charge in [-0.1, -0.05) is 15.9 Å². The van der Waals surface area contributed by atoms with Gasteiger partial charge in [0.25, 0.3) is 5.56 Å². The number of fused-ring (bicyclic) bond motifs is 1. The number of carbonyl (C=O) groups excluding carboxylic acids is 1. The van der Waals surface area contributed by atoms with Gasteiger partial charge in [-0.25, -0.2) is 9.37 Å². The van der Waals surface area contributed by atoms with E-state index in [0.717, 1.165) is 10.2 Å². The lowest BCUT2D eigenvalue weighted by atomic mass is 10.2. The summed E-state index contributed by atoms with van der Waals surface area (Å²) in [5.74, 6) is -0.238. The van der Waals surface area contributed by atoms with Gasteiger partial charge in [0.1, 0.15) is 5.82 Å². The van der Waals surface area contributed by atoms with E-state index in [2.05, 4.69) is 25.8 Å². The first-order chi connectivity index (χ1) is 14.0. The Labute approximate surface area is 175 Å². The predicted molar refractivity (Wildman–Crippen MR) is 114 cm³/mol. The number of aryl methyl sites for hydroxylation is 1. The van der Waals surface area contributed by atoms with Crippen LogP contribution in [0, 0.1) is 5.82 Å². The van der Waals surface area contributed by atoms with Gasteiger partial charge in [0.2, 0.25) is 5.91 Å². The number of nitrogens with zero attached hydrogens (tertiary/aromatic N) is 4. The molecular formula is C21H20BrFN4O2. The number of carbonyl (C=O) groups is 1. The van der Waals surface area contributed by atoms with E-state index in [1.165, 1.54) is 23.0 Å². The molecule has 8 heteroatoms. The third-order valence-electron chi connectivity index (χ3n) is 5.18. The molecule has 1 aliphatic heterocycles. The van der Waals surface area contributed by atoms with E-state index in [1.54, 1.807) is 24.3 Å². The van der Waals surface area contributed by atoms with E-state index in [9.17, 15) is 14.0 Å². The maximum absolute atomic E-state index is 13.1. The van der Waals surface area contributed by atoms with Crippen molar-refractivity contribution in [1.82, 2.24) is 14.5 Å². The number of benzene rings is 2. The molecule has 29 heavy (non-hydrogen) atoms. The van der Waals surface area contributed by atoms with Crippen molar-refractivity contribution in [3.05, 3.63) is 69.4 Å². The summed E-state index contributed by atoms with van der Waals surface area (Å²) in [4.78, 5) is 33.5. The second-order valence-corrected chi connectivity index (χ2v) is 7.91. The summed E-state index contributed by atoms with van der Waals surface area (Å²) in [5.41, 5.74) is 1.45. The minimum Gasteiger partial charge on any atom is -0.368 e. The molecule has 1 fully saturated rings. The van der Waals surface area contributed by atoms with Crippen molar-refractivity contribution in [2.24, 2.45) is 0 Å². The van der Waals surface area contributed by atoms with E-state index < -0.39 is 0 Å². The summed E-state index contributed by atoms with van der Waals surface area (Å²) in [7, 11) is 0. The van der Waals surface area contributed by atoms with Crippen LogP contribution in [0.5, 0.6) is 0 Å². The van der Waals surface area contributed by atoms with Gasteiger partial charge in [0, 0.05) is 49.3 Å². The molecular weight excluding hydrogens is 439 g/mol. The number of halogens is 2. The molecule has 6 nitrogen and oxygen atoms in total. The van der Waals surface area contributed by atoms with Crippen LogP contribution < -0.4 is 10.5 Å². The Kier molecular flexibility index (Phi) is 5.62. The molecule has 0 N–H and O–H groups in total. The molecule has 3 aromatic rings. The quantitative estimate of drug-likeness (QED) is 0.602. The fraction of sp³-hybridized carbons (Fsp3) is 0.286. The lowest BCUT2D eigenvalue weighted by molar-refractivity contribution is -0.131. The van der Waals surface area contributed by atoms with Crippen LogP contribution in [0.15, 0.2) is 58.1 Å². The van der Waals surface area contributed by atoms with Crippen molar-refractivity contribution in [1.29, 1.82) is 0 Å². The van der Waals surface area contributed by atoms with Gasteiger partial charge in [-0.05, 0) is 42.5 Å². The topological polar surface area (TPSA) is 58.4 Å². The second-order valence-electron chi connectivity index (χ2n) is 7.00. The Morgan fingerprint density at radius 1 is 1.07 bits per heavy atom. The highest BCUT2D eigenvalue weighted by Crippen LogP contribution is 2.18. The molecule has 0 aliphatic carbocycles. The molecule has 0 spiro atoms. The van der Waals surface area contributed by atoms with Crippen LogP contribution in [0.2, 0.25) is 0 Å². The van der Waals surface area contributed by atoms with Crippen molar-refractivity contribution in [2.75, 3.05) is 31.1 Å². The van der Waals surface area contributed by atoms with Crippen molar-refractivity contribution in [2.45, 2.75) is 13.0 Å². The van der Waals surface area contributed by atoms with Crippen LogP contribution in [0.3, 0.4) is 0 Å². The standard InChI is InChI=1S/C21H20BrFN4O2/c22-15-1-6-19-18(13-15)21(29)27(14-24-19)8-7-20(28)26-11-9-25(10-12-26)17-4-2-16(23)3-5-17/h1-6,13-14H,7-12H2. The molecule has 0 radical (unpaired) electrons. The normalized spacial score (nSPS) is 14.4. The zero-order valence-corrected chi connectivity index (χ0v) is 17.3. The first kappa shape index (κ1) is 19.6. The summed E-state index contributed by atoms with van der Waals surface area (Å²) < 4.78 is 15.4. The number of aromatic nitrogens is 2. The average molecular weight is 459 g/mol. The molecule has 2 aromatic carbocycles. The van der Waals surface area contributed by atoms with Crippen molar-refractivity contribution < 1.29 is 9.18 Å². The third-order valence-corrected chi connectivity index (χ3v) is 5.67. The number of hydrogen-bond donors (Lipinski definition) is 0. The predicted octanol–water partition coefficient (Wildman–Crippen LogP) is 3.04. The maximum Gasteiger partial charge on any atom is 0.261 e. The van der Waals surface area contributed by atoms with E-state index in [1.807, 2.05) is 11.0 Å². The van der Waals surface area contributed by atoms with Crippen molar-refractivity contribution >= 4 is 38.4 Å². The van der Waals surface area contributed by atoms with Gasteiger partial charge in [-0.2, -0.15) is 0 Å². The van der Waals surface area contributed by atoms with E-state index >= 15 is 0 Å². The van der Waals surface area contributed by atoms with Crippen LogP contribution in [-0.4, -0.2) is 46.5 Å². The largest absolute Gasteiger partial charge is 0.368 e. The van der Waals surface area contributed by atoms with Gasteiger partial charge < -0.3 is 9.80 Å². The molecule has 0 atom stereocenters. The Morgan fingerprint density at radius 3 is 2.52 bits per heavy atom. The molecule has 2 heterocycles. The Bertz CT molecular complexity index is 1090. The van der Waals surface area contributed by atoms with E-state index in [0.29, 0.717) is 43.6 Å². The Morgan fingerprint density at radius 2 is 1.79 bits per heavy atom. The van der Waals surface area contributed by atoms with Gasteiger partial charge in [-0.3, -0.25) is 14.2 Å². The van der Waals surface area contributed by atoms with Crippen LogP contribution in [0.1, 0.15) is 6.42 Å². The summed E-state index contributed by atoms with van der Waals surface area (Å²) in [6.45, 7) is 2.90. The Hall–Kier alpha value is -2.74. The molecule has 0 bridgehead atoms. The summed E-state index contributed by atoms with van der Waals surface area (Å²) in [6.07, 6.45) is 1.75. The van der Waals surface area contributed by atoms with E-state index in [-0.39, 0.29) is 23.7 Å². The number of amides is 1. The highest BCUT2D eigenvalue weighted by molar-refractivity contribution is 9.10. The Balaban J connectivity index is 1.36. The number of piperazine rings is 1. The number of rotatable bonds is 4. The lowest BCUT2D eigenvalue weighted by Gasteiger charge is -2.36. The molecule has 4 rings (SSSR count).